The van der Waals surface area contributed by atoms with Crippen LogP contribution in [0.25, 0.3) is 11.2 Å². The Labute approximate surface area is 230 Å². The van der Waals surface area contributed by atoms with E-state index < -0.39 is 50.9 Å². The van der Waals surface area contributed by atoms with Gasteiger partial charge in [-0.2, -0.15) is 9.97 Å². The van der Waals surface area contributed by atoms with E-state index in [4.69, 9.17) is 31.3 Å². The number of nitrogens with one attached hydrogen (secondary N) is 1. The number of carbonyl (C=O) groups excluding carboxylic acids is 1. The molecule has 2 aromatic rings. The molecule has 39 heavy (non-hydrogen) atoms. The first kappa shape index (κ1) is 28.4. The van der Waals surface area contributed by atoms with Crippen LogP contribution in [0.3, 0.4) is 0 Å². The summed E-state index contributed by atoms with van der Waals surface area (Å²) in [7, 11) is -3.01. The minimum Gasteiger partial charge on any atom is -0.462 e. The first-order valence-electron chi connectivity index (χ1n) is 13.0. The Morgan fingerprint density at radius 2 is 2.03 bits per heavy atom. The number of alkyl halides is 2. The van der Waals surface area contributed by atoms with E-state index >= 15 is 4.39 Å². The molecular formula is C23H34ClFN7O6P. The number of aromatic nitrogens is 4. The van der Waals surface area contributed by atoms with E-state index in [0.717, 1.165) is 25.7 Å². The first-order valence-corrected chi connectivity index (χ1v) is 14.9. The summed E-state index contributed by atoms with van der Waals surface area (Å²) in [5, 5.41) is 13.4. The molecule has 13 nitrogen and oxygen atoms in total. The molecule has 0 bridgehead atoms. The van der Waals surface area contributed by atoms with Gasteiger partial charge < -0.3 is 29.7 Å². The number of rotatable bonds is 12. The maximum absolute atomic E-state index is 15.6. The number of ether oxygens (including phenoxy) is 2. The van der Waals surface area contributed by atoms with Gasteiger partial charge in [0.05, 0.1) is 24.9 Å². The van der Waals surface area contributed by atoms with E-state index in [0.29, 0.717) is 23.4 Å². The molecule has 3 aliphatic rings. The Morgan fingerprint density at radius 3 is 2.62 bits per heavy atom. The lowest BCUT2D eigenvalue weighted by Crippen LogP contribution is -2.47. The molecule has 3 heterocycles. The molecule has 1 saturated heterocycles. The van der Waals surface area contributed by atoms with Gasteiger partial charge in [-0.05, 0) is 46.5 Å². The van der Waals surface area contributed by atoms with Crippen molar-refractivity contribution in [2.24, 2.45) is 0 Å². The smallest absolute Gasteiger partial charge is 0.323 e. The van der Waals surface area contributed by atoms with Crippen LogP contribution >= 0.6 is 19.8 Å². The van der Waals surface area contributed by atoms with Crippen molar-refractivity contribution in [1.82, 2.24) is 24.6 Å². The number of carbonyl (C=O) groups is 1. The third kappa shape index (κ3) is 5.73. The van der Waals surface area contributed by atoms with Crippen LogP contribution in [-0.2, 0) is 23.4 Å². The zero-order chi connectivity index (χ0) is 28.1. The van der Waals surface area contributed by atoms with Gasteiger partial charge in [0.15, 0.2) is 29.4 Å². The van der Waals surface area contributed by atoms with Gasteiger partial charge in [-0.1, -0.05) is 0 Å². The van der Waals surface area contributed by atoms with Gasteiger partial charge in [-0.15, -0.1) is 11.6 Å². The molecule has 1 unspecified atom stereocenters. The van der Waals surface area contributed by atoms with Gasteiger partial charge in [-0.3, -0.25) is 13.9 Å². The van der Waals surface area contributed by atoms with Crippen LogP contribution in [0.1, 0.15) is 52.7 Å². The molecule has 0 radical (unpaired) electrons. The summed E-state index contributed by atoms with van der Waals surface area (Å²) < 4.78 is 45.9. The topological polar surface area (TPSA) is 167 Å². The lowest BCUT2D eigenvalue weighted by Gasteiger charge is -2.29. The molecule has 216 valence electrons. The fourth-order valence-corrected chi connectivity index (χ4v) is 5.96. The standard InChI is InChI=1S/C23H34ClFN7O6P/c1-11(2)37-21(34)12(3)30-39(35)36-9-23(8-24)17(33)15(25)20(38-23)31-10-27-16-18(31)28-22(26)29-19(16)32(13-4-5-13)14-6-7-14/h10-15,17,20,33,39H,4-9H2,1-3H3,(H,30,35)(H2,26,28,29)/t12-,15-,17-,20+,23+/m0/s1. The number of anilines is 2. The lowest BCUT2D eigenvalue weighted by molar-refractivity contribution is -0.149. The van der Waals surface area contributed by atoms with Crippen molar-refractivity contribution in [1.29, 1.82) is 0 Å². The summed E-state index contributed by atoms with van der Waals surface area (Å²) >= 11 is 6.15. The number of nitrogens with zero attached hydrogens (tertiary/aromatic N) is 5. The number of imidazole rings is 1. The van der Waals surface area contributed by atoms with Gasteiger partial charge >= 0.3 is 5.97 Å². The van der Waals surface area contributed by atoms with Crippen molar-refractivity contribution < 1.29 is 32.9 Å². The van der Waals surface area contributed by atoms with Crippen molar-refractivity contribution in [3.05, 3.63) is 6.33 Å². The number of aliphatic hydroxyl groups is 1. The normalized spacial score (nSPS) is 28.6. The van der Waals surface area contributed by atoms with Gasteiger partial charge in [0.2, 0.25) is 5.95 Å². The maximum atomic E-state index is 15.6. The van der Waals surface area contributed by atoms with Crippen LogP contribution in [0.5, 0.6) is 0 Å². The summed E-state index contributed by atoms with van der Waals surface area (Å²) in [6.07, 6.45) is 0.240. The molecule has 2 aliphatic carbocycles. The molecule has 2 aromatic heterocycles. The van der Waals surface area contributed by atoms with Crippen molar-refractivity contribution >= 4 is 48.7 Å². The van der Waals surface area contributed by atoms with Crippen molar-refractivity contribution in [3.63, 3.8) is 0 Å². The molecule has 0 spiro atoms. The van der Waals surface area contributed by atoms with E-state index in [1.165, 1.54) is 17.8 Å². The first-order chi connectivity index (χ1) is 18.5. The van der Waals surface area contributed by atoms with Crippen LogP contribution in [0, 0.1) is 0 Å². The average molecular weight is 590 g/mol. The van der Waals surface area contributed by atoms with E-state index in [1.807, 2.05) is 0 Å². The van der Waals surface area contributed by atoms with Crippen molar-refractivity contribution in [2.45, 2.75) is 94.8 Å². The number of fused-ring (bicyclic) bond motifs is 1. The third-order valence-corrected chi connectivity index (χ3v) is 8.53. The van der Waals surface area contributed by atoms with E-state index in [1.54, 1.807) is 13.8 Å². The van der Waals surface area contributed by atoms with Gasteiger partial charge in [0.25, 0.3) is 8.18 Å². The van der Waals surface area contributed by atoms with Gasteiger partial charge in [0, 0.05) is 12.1 Å². The largest absolute Gasteiger partial charge is 0.462 e. The van der Waals surface area contributed by atoms with Crippen molar-refractivity contribution in [3.8, 4) is 0 Å². The molecule has 4 N–H and O–H groups in total. The third-order valence-electron chi connectivity index (χ3n) is 7.00. The van der Waals surface area contributed by atoms with Crippen molar-refractivity contribution in [2.75, 3.05) is 23.1 Å². The number of nitrogens with two attached hydrogens (primary N) is 1. The highest BCUT2D eigenvalue weighted by atomic mass is 35.5. The number of halogens is 2. The highest BCUT2D eigenvalue weighted by Crippen LogP contribution is 2.45. The molecular weight excluding hydrogens is 556 g/mol. The van der Waals surface area contributed by atoms with Crippen LogP contribution in [0.15, 0.2) is 6.33 Å². The molecule has 5 rings (SSSR count). The number of aliphatic hydroxyl groups excluding tert-OH is 1. The number of hydrogen-bond acceptors (Lipinski definition) is 11. The fraction of sp³-hybridized carbons (Fsp3) is 0.739. The molecule has 0 aromatic carbocycles. The summed E-state index contributed by atoms with van der Waals surface area (Å²) in [6, 6.07) is -0.179. The Morgan fingerprint density at radius 1 is 1.36 bits per heavy atom. The summed E-state index contributed by atoms with van der Waals surface area (Å²) in [4.78, 5) is 27.5. The predicted octanol–water partition coefficient (Wildman–Crippen LogP) is 2.08. The average Bonchev–Trinajstić information content (AvgIpc) is 3.82. The highest BCUT2D eigenvalue weighted by molar-refractivity contribution is 7.36. The van der Waals surface area contributed by atoms with Crippen LogP contribution in [0.2, 0.25) is 0 Å². The zero-order valence-electron chi connectivity index (χ0n) is 21.9. The Hall–Kier alpha value is -2.09. The fourth-order valence-electron chi connectivity index (χ4n) is 4.73. The minimum atomic E-state index is -3.01. The summed E-state index contributed by atoms with van der Waals surface area (Å²) in [6.45, 7) is 4.36. The van der Waals surface area contributed by atoms with Crippen LogP contribution < -0.4 is 15.7 Å². The second-order valence-corrected chi connectivity index (χ2v) is 12.0. The number of nitrogen functional groups attached to an aromatic ring is 1. The highest BCUT2D eigenvalue weighted by Gasteiger charge is 2.56. The molecule has 1 aliphatic heterocycles. The Bertz CT molecular complexity index is 1240. The monoisotopic (exact) mass is 589 g/mol. The zero-order valence-corrected chi connectivity index (χ0v) is 23.7. The van der Waals surface area contributed by atoms with Gasteiger partial charge in [0.1, 0.15) is 17.7 Å². The summed E-state index contributed by atoms with van der Waals surface area (Å²) in [5.41, 5.74) is 5.05. The van der Waals surface area contributed by atoms with Gasteiger partial charge in [-0.25, -0.2) is 14.5 Å². The SMILES string of the molecule is CC(C)OC(=O)[C@H](C)N[PH](=O)OC[C@@]1(CCl)O[C@@H](n2cnc3c(N(C4CC4)C4CC4)nc(N)nc32)[C@@H](F)[C@@H]1O. The molecule has 16 heteroatoms. The minimum absolute atomic E-state index is 0.0150. The van der Waals surface area contributed by atoms with E-state index in [9.17, 15) is 14.5 Å². The molecule has 0 amide bonds. The second-order valence-electron chi connectivity index (χ2n) is 10.6. The van der Waals surface area contributed by atoms with Crippen LogP contribution in [-0.4, -0.2) is 85.2 Å². The molecule has 2 saturated carbocycles. The lowest BCUT2D eigenvalue weighted by atomic mass is 9.99. The number of esters is 1. The predicted molar refractivity (Wildman–Crippen MR) is 142 cm³/mol. The molecule has 3 fully saturated rings. The van der Waals surface area contributed by atoms with E-state index in [2.05, 4.69) is 24.9 Å². The maximum Gasteiger partial charge on any atom is 0.323 e. The number of hydrogen-bond donors (Lipinski definition) is 3. The van der Waals surface area contributed by atoms with Crippen LogP contribution in [0.4, 0.5) is 16.2 Å². The Balaban J connectivity index is 1.34. The second kappa shape index (κ2) is 11.1. The summed E-state index contributed by atoms with van der Waals surface area (Å²) in [5.74, 6) is -0.343. The Kier molecular flexibility index (Phi) is 8.06. The molecule has 6 atom stereocenters. The quantitative estimate of drug-likeness (QED) is 0.188. The van der Waals surface area contributed by atoms with E-state index in [-0.39, 0.29) is 23.6 Å².